The molecule has 21 heavy (non-hydrogen) atoms. The highest BCUT2D eigenvalue weighted by molar-refractivity contribution is 7.12. The number of nitriles is 1. The van der Waals surface area contributed by atoms with Gasteiger partial charge in [0.2, 0.25) is 0 Å². The van der Waals surface area contributed by atoms with Gasteiger partial charge < -0.3 is 15.4 Å². The Kier molecular flexibility index (Phi) is 3.69. The SMILES string of the molecule is N#Cc1ccc(CNc2cc3c(cc2Cl)NC(=O)CO3)s1. The Bertz CT molecular complexity index is 751. The van der Waals surface area contributed by atoms with E-state index in [1.165, 1.54) is 11.3 Å². The average molecular weight is 320 g/mol. The Balaban J connectivity index is 1.76. The molecular weight excluding hydrogens is 310 g/mol. The Morgan fingerprint density at radius 2 is 2.33 bits per heavy atom. The molecule has 0 radical (unpaired) electrons. The van der Waals surface area contributed by atoms with Crippen LogP contribution in [-0.4, -0.2) is 12.5 Å². The lowest BCUT2D eigenvalue weighted by Crippen LogP contribution is -2.25. The molecule has 3 rings (SSSR count). The van der Waals surface area contributed by atoms with Gasteiger partial charge in [-0.1, -0.05) is 11.6 Å². The molecule has 106 valence electrons. The summed E-state index contributed by atoms with van der Waals surface area (Å²) in [6.07, 6.45) is 0. The molecule has 1 aliphatic heterocycles. The summed E-state index contributed by atoms with van der Waals surface area (Å²) in [5.74, 6) is 0.396. The number of rotatable bonds is 3. The summed E-state index contributed by atoms with van der Waals surface area (Å²) in [5.41, 5.74) is 1.29. The Labute approximate surface area is 130 Å². The van der Waals surface area contributed by atoms with Crippen LogP contribution < -0.4 is 15.4 Å². The lowest BCUT2D eigenvalue weighted by molar-refractivity contribution is -0.118. The second-order valence-electron chi connectivity index (χ2n) is 4.40. The van der Waals surface area contributed by atoms with Crippen LogP contribution in [0.1, 0.15) is 9.75 Å². The molecule has 1 aromatic heterocycles. The predicted octanol–water partition coefficient (Wildman–Crippen LogP) is 3.22. The molecule has 1 amide bonds. The highest BCUT2D eigenvalue weighted by Gasteiger charge is 2.18. The van der Waals surface area contributed by atoms with Gasteiger partial charge in [0.05, 0.1) is 16.4 Å². The third-order valence-electron chi connectivity index (χ3n) is 2.93. The third kappa shape index (κ3) is 2.94. The van der Waals surface area contributed by atoms with Crippen molar-refractivity contribution in [1.82, 2.24) is 0 Å². The van der Waals surface area contributed by atoms with E-state index in [0.29, 0.717) is 27.9 Å². The summed E-state index contributed by atoms with van der Waals surface area (Å²) in [4.78, 5) is 13.0. The summed E-state index contributed by atoms with van der Waals surface area (Å²) in [7, 11) is 0. The van der Waals surface area contributed by atoms with Gasteiger partial charge in [0, 0.05) is 17.5 Å². The first kappa shape index (κ1) is 13.7. The van der Waals surface area contributed by atoms with Crippen LogP contribution in [0.15, 0.2) is 24.3 Å². The van der Waals surface area contributed by atoms with E-state index in [1.54, 1.807) is 18.2 Å². The van der Waals surface area contributed by atoms with Gasteiger partial charge >= 0.3 is 0 Å². The monoisotopic (exact) mass is 319 g/mol. The molecule has 0 fully saturated rings. The number of nitrogens with zero attached hydrogens (tertiary/aromatic N) is 1. The molecule has 0 bridgehead atoms. The van der Waals surface area contributed by atoms with Crippen LogP contribution in [-0.2, 0) is 11.3 Å². The van der Waals surface area contributed by atoms with Gasteiger partial charge in [0.25, 0.3) is 5.91 Å². The van der Waals surface area contributed by atoms with Crippen molar-refractivity contribution >= 4 is 40.2 Å². The van der Waals surface area contributed by atoms with Crippen LogP contribution in [0, 0.1) is 11.3 Å². The first-order valence-corrected chi connectivity index (χ1v) is 7.34. The van der Waals surface area contributed by atoms with Gasteiger partial charge in [-0.3, -0.25) is 4.79 Å². The van der Waals surface area contributed by atoms with Crippen LogP contribution in [0.25, 0.3) is 0 Å². The zero-order valence-corrected chi connectivity index (χ0v) is 12.3. The first-order chi connectivity index (χ1) is 10.2. The molecule has 1 aliphatic rings. The summed E-state index contributed by atoms with van der Waals surface area (Å²) >= 11 is 7.62. The van der Waals surface area contributed by atoms with Crippen molar-refractivity contribution < 1.29 is 9.53 Å². The van der Waals surface area contributed by atoms with Crippen molar-refractivity contribution in [2.24, 2.45) is 0 Å². The number of thiophene rings is 1. The zero-order chi connectivity index (χ0) is 14.8. The summed E-state index contributed by atoms with van der Waals surface area (Å²) in [6.45, 7) is 0.571. The van der Waals surface area contributed by atoms with Crippen LogP contribution >= 0.6 is 22.9 Å². The Morgan fingerprint density at radius 3 is 3.10 bits per heavy atom. The van der Waals surface area contributed by atoms with Gasteiger partial charge in [0.1, 0.15) is 16.7 Å². The van der Waals surface area contributed by atoms with Gasteiger partial charge in [-0.05, 0) is 18.2 Å². The number of anilines is 2. The summed E-state index contributed by atoms with van der Waals surface area (Å²) in [6, 6.07) is 9.21. The van der Waals surface area contributed by atoms with Crippen molar-refractivity contribution in [3.05, 3.63) is 39.0 Å². The standard InChI is InChI=1S/C14H10ClN3O2S/c15-10-3-12-13(20-7-14(19)18-12)4-11(10)17-6-9-2-1-8(5-16)21-9/h1-4,17H,6-7H2,(H,18,19). The van der Waals surface area contributed by atoms with Crippen LogP contribution in [0.4, 0.5) is 11.4 Å². The number of halogens is 1. The smallest absolute Gasteiger partial charge is 0.262 e. The molecule has 2 heterocycles. The number of nitrogens with one attached hydrogen (secondary N) is 2. The van der Waals surface area contributed by atoms with Gasteiger partial charge in [-0.2, -0.15) is 5.26 Å². The number of ether oxygens (including phenoxy) is 1. The summed E-state index contributed by atoms with van der Waals surface area (Å²) < 4.78 is 5.35. The molecular formula is C14H10ClN3O2S. The highest BCUT2D eigenvalue weighted by atomic mass is 35.5. The topological polar surface area (TPSA) is 74.2 Å². The largest absolute Gasteiger partial charge is 0.482 e. The number of hydrogen-bond donors (Lipinski definition) is 2. The van der Waals surface area contributed by atoms with Crippen LogP contribution in [0.2, 0.25) is 5.02 Å². The second-order valence-corrected chi connectivity index (χ2v) is 5.97. The minimum absolute atomic E-state index is 0.00449. The average Bonchev–Trinajstić information content (AvgIpc) is 2.93. The van der Waals surface area contributed by atoms with Gasteiger partial charge in [-0.15, -0.1) is 11.3 Å². The minimum atomic E-state index is -0.193. The van der Waals surface area contributed by atoms with E-state index in [-0.39, 0.29) is 12.5 Å². The number of hydrogen-bond acceptors (Lipinski definition) is 5. The number of carbonyl (C=O) groups excluding carboxylic acids is 1. The Hall–Kier alpha value is -2.23. The van der Waals surface area contributed by atoms with Gasteiger partial charge in [-0.25, -0.2) is 0 Å². The number of carbonyl (C=O) groups is 1. The van der Waals surface area contributed by atoms with Gasteiger partial charge in [0.15, 0.2) is 6.61 Å². The maximum absolute atomic E-state index is 11.2. The normalized spacial score (nSPS) is 12.9. The van der Waals surface area contributed by atoms with E-state index in [4.69, 9.17) is 21.6 Å². The van der Waals surface area contributed by atoms with E-state index in [0.717, 1.165) is 10.6 Å². The molecule has 0 unspecified atom stereocenters. The van der Waals surface area contributed by atoms with E-state index in [2.05, 4.69) is 16.7 Å². The van der Waals surface area contributed by atoms with Crippen molar-refractivity contribution in [2.75, 3.05) is 17.2 Å². The molecule has 0 saturated heterocycles. The van der Waals surface area contributed by atoms with E-state index in [1.807, 2.05) is 6.07 Å². The molecule has 2 N–H and O–H groups in total. The molecule has 0 spiro atoms. The summed E-state index contributed by atoms with van der Waals surface area (Å²) in [5, 5.41) is 15.2. The fourth-order valence-electron chi connectivity index (χ4n) is 1.95. The third-order valence-corrected chi connectivity index (χ3v) is 4.23. The minimum Gasteiger partial charge on any atom is -0.482 e. The highest BCUT2D eigenvalue weighted by Crippen LogP contribution is 2.36. The number of amides is 1. The quantitative estimate of drug-likeness (QED) is 0.911. The predicted molar refractivity (Wildman–Crippen MR) is 81.9 cm³/mol. The van der Waals surface area contributed by atoms with Crippen LogP contribution in [0.3, 0.4) is 0 Å². The maximum atomic E-state index is 11.2. The molecule has 2 aromatic rings. The molecule has 5 nitrogen and oxygen atoms in total. The lowest BCUT2D eigenvalue weighted by atomic mass is 10.2. The lowest BCUT2D eigenvalue weighted by Gasteiger charge is -2.19. The fourth-order valence-corrected chi connectivity index (χ4v) is 2.93. The number of benzene rings is 1. The molecule has 1 aromatic carbocycles. The first-order valence-electron chi connectivity index (χ1n) is 6.14. The molecule has 0 saturated carbocycles. The maximum Gasteiger partial charge on any atom is 0.262 e. The van der Waals surface area contributed by atoms with E-state index < -0.39 is 0 Å². The number of fused-ring (bicyclic) bond motifs is 1. The van der Waals surface area contributed by atoms with Crippen LogP contribution in [0.5, 0.6) is 5.75 Å². The van der Waals surface area contributed by atoms with Crippen molar-refractivity contribution in [3.63, 3.8) is 0 Å². The Morgan fingerprint density at radius 1 is 1.48 bits per heavy atom. The van der Waals surface area contributed by atoms with Crippen molar-refractivity contribution in [1.29, 1.82) is 5.26 Å². The van der Waals surface area contributed by atoms with Crippen molar-refractivity contribution in [3.8, 4) is 11.8 Å². The second kappa shape index (κ2) is 5.64. The van der Waals surface area contributed by atoms with Crippen molar-refractivity contribution in [2.45, 2.75) is 6.54 Å². The van der Waals surface area contributed by atoms with E-state index >= 15 is 0 Å². The zero-order valence-electron chi connectivity index (χ0n) is 10.8. The fraction of sp³-hybridized carbons (Fsp3) is 0.143. The molecule has 7 heteroatoms. The molecule has 0 atom stereocenters. The molecule has 0 aliphatic carbocycles. The van der Waals surface area contributed by atoms with E-state index in [9.17, 15) is 4.79 Å².